The van der Waals surface area contributed by atoms with Crippen molar-refractivity contribution in [2.24, 2.45) is 0 Å². The lowest BCUT2D eigenvalue weighted by Gasteiger charge is -2.32. The van der Waals surface area contributed by atoms with Gasteiger partial charge in [-0.3, -0.25) is 4.90 Å². The van der Waals surface area contributed by atoms with E-state index in [-0.39, 0.29) is 6.04 Å². The third-order valence-corrected chi connectivity index (χ3v) is 6.99. The van der Waals surface area contributed by atoms with Gasteiger partial charge < -0.3 is 0 Å². The monoisotopic (exact) mass is 346 g/mol. The van der Waals surface area contributed by atoms with Crippen LogP contribution in [-0.2, 0) is 10.0 Å². The molecular weight excluding hydrogens is 320 g/mol. The van der Waals surface area contributed by atoms with Gasteiger partial charge in [0.25, 0.3) is 0 Å². The Morgan fingerprint density at radius 1 is 1.21 bits per heavy atom. The van der Waals surface area contributed by atoms with Crippen molar-refractivity contribution in [2.75, 3.05) is 20.1 Å². The van der Waals surface area contributed by atoms with Gasteiger partial charge >= 0.3 is 0 Å². The van der Waals surface area contributed by atoms with E-state index in [4.69, 9.17) is 0 Å². The molecule has 5 heteroatoms. The lowest BCUT2D eigenvalue weighted by Crippen LogP contribution is -2.40. The minimum atomic E-state index is -3.46. The van der Waals surface area contributed by atoms with Crippen molar-refractivity contribution < 1.29 is 8.42 Å². The molecule has 130 valence electrons. The zero-order valence-corrected chi connectivity index (χ0v) is 15.5. The van der Waals surface area contributed by atoms with Gasteiger partial charge in [-0.15, -0.1) is 0 Å². The van der Waals surface area contributed by atoms with Gasteiger partial charge in [-0.25, -0.2) is 8.42 Å². The molecule has 24 heavy (non-hydrogen) atoms. The molecule has 0 N–H and O–H groups in total. The maximum atomic E-state index is 12.9. The van der Waals surface area contributed by atoms with Crippen molar-refractivity contribution in [3.8, 4) is 0 Å². The SMILES string of the molecule is CC1=CCN(C2C=C[C@H](N(C)S(=O)(=O)c3cccc(C)c3)C2)CC1. The van der Waals surface area contributed by atoms with Gasteiger partial charge in [0.15, 0.2) is 0 Å². The Morgan fingerprint density at radius 2 is 2.00 bits per heavy atom. The molecule has 0 saturated carbocycles. The molecular formula is C19H26N2O2S. The molecule has 1 aliphatic heterocycles. The summed E-state index contributed by atoms with van der Waals surface area (Å²) in [6.07, 6.45) is 8.42. The van der Waals surface area contributed by atoms with Gasteiger partial charge in [-0.2, -0.15) is 4.31 Å². The first-order valence-electron chi connectivity index (χ1n) is 8.50. The number of aryl methyl sites for hydroxylation is 1. The number of hydrogen-bond donors (Lipinski definition) is 0. The van der Waals surface area contributed by atoms with E-state index in [1.54, 1.807) is 25.2 Å². The summed E-state index contributed by atoms with van der Waals surface area (Å²) in [5.41, 5.74) is 2.41. The summed E-state index contributed by atoms with van der Waals surface area (Å²) in [7, 11) is -1.77. The van der Waals surface area contributed by atoms with Crippen LogP contribution in [0.4, 0.5) is 0 Å². The highest BCUT2D eigenvalue weighted by Gasteiger charge is 2.33. The van der Waals surface area contributed by atoms with Crippen molar-refractivity contribution >= 4 is 10.0 Å². The normalized spacial score (nSPS) is 25.2. The zero-order chi connectivity index (χ0) is 17.3. The largest absolute Gasteiger partial charge is 0.293 e. The maximum absolute atomic E-state index is 12.9. The molecule has 2 aliphatic rings. The summed E-state index contributed by atoms with van der Waals surface area (Å²) in [6, 6.07) is 7.37. The van der Waals surface area contributed by atoms with E-state index in [1.165, 1.54) is 9.88 Å². The van der Waals surface area contributed by atoms with Gasteiger partial charge in [0, 0.05) is 32.2 Å². The first-order chi connectivity index (χ1) is 11.4. The molecule has 2 atom stereocenters. The topological polar surface area (TPSA) is 40.6 Å². The highest BCUT2D eigenvalue weighted by Crippen LogP contribution is 2.27. The van der Waals surface area contributed by atoms with Crippen LogP contribution in [0.25, 0.3) is 0 Å². The number of likely N-dealkylation sites (N-methyl/N-ethyl adjacent to an activating group) is 1. The molecule has 4 nitrogen and oxygen atoms in total. The second-order valence-electron chi connectivity index (χ2n) is 6.89. The summed E-state index contributed by atoms with van der Waals surface area (Å²) in [5.74, 6) is 0. The van der Waals surface area contributed by atoms with Crippen molar-refractivity contribution in [3.63, 3.8) is 0 Å². The van der Waals surface area contributed by atoms with Crippen LogP contribution < -0.4 is 0 Å². The van der Waals surface area contributed by atoms with Gasteiger partial charge in [0.05, 0.1) is 4.90 Å². The Hall–Kier alpha value is -1.43. The Labute approximate surface area is 145 Å². The Morgan fingerprint density at radius 3 is 2.67 bits per heavy atom. The summed E-state index contributed by atoms with van der Waals surface area (Å²) in [4.78, 5) is 2.80. The molecule has 1 aromatic rings. The molecule has 0 spiro atoms. The fourth-order valence-corrected chi connectivity index (χ4v) is 4.84. The fraction of sp³-hybridized carbons (Fsp3) is 0.474. The van der Waals surface area contributed by atoms with Crippen LogP contribution in [0.5, 0.6) is 0 Å². The summed E-state index contributed by atoms with van der Waals surface area (Å²) in [6.45, 7) is 6.10. The Kier molecular flexibility index (Phi) is 4.95. The van der Waals surface area contributed by atoms with Gasteiger partial charge in [-0.1, -0.05) is 35.9 Å². The van der Waals surface area contributed by atoms with Crippen molar-refractivity contribution in [3.05, 3.63) is 53.6 Å². The number of nitrogens with zero attached hydrogens (tertiary/aromatic N) is 2. The number of hydrogen-bond acceptors (Lipinski definition) is 3. The molecule has 0 amide bonds. The highest BCUT2D eigenvalue weighted by molar-refractivity contribution is 7.89. The van der Waals surface area contributed by atoms with E-state index in [0.717, 1.165) is 31.5 Å². The maximum Gasteiger partial charge on any atom is 0.243 e. The molecule has 0 radical (unpaired) electrons. The van der Waals surface area contributed by atoms with Gasteiger partial charge in [-0.05, 0) is 44.4 Å². The molecule has 1 unspecified atom stereocenters. The third kappa shape index (κ3) is 3.48. The predicted octanol–water partition coefficient (Wildman–Crippen LogP) is 2.96. The third-order valence-electron chi connectivity index (χ3n) is 5.11. The Balaban J connectivity index is 1.70. The van der Waals surface area contributed by atoms with Crippen LogP contribution in [0.3, 0.4) is 0 Å². The minimum Gasteiger partial charge on any atom is -0.293 e. The molecule has 1 aromatic carbocycles. The van der Waals surface area contributed by atoms with Crippen molar-refractivity contribution in [1.82, 2.24) is 9.21 Å². The lowest BCUT2D eigenvalue weighted by atomic mass is 10.1. The fourth-order valence-electron chi connectivity index (χ4n) is 3.41. The molecule has 0 saturated heterocycles. The van der Waals surface area contributed by atoms with Gasteiger partial charge in [0.2, 0.25) is 10.0 Å². The molecule has 1 aliphatic carbocycles. The van der Waals surface area contributed by atoms with Crippen LogP contribution in [0.15, 0.2) is 53.0 Å². The van der Waals surface area contributed by atoms with Crippen LogP contribution in [0.1, 0.15) is 25.3 Å². The molecule has 0 bridgehead atoms. The highest BCUT2D eigenvalue weighted by atomic mass is 32.2. The van der Waals surface area contributed by atoms with Crippen LogP contribution in [-0.4, -0.2) is 49.8 Å². The average Bonchev–Trinajstić information content (AvgIpc) is 3.04. The molecule has 3 rings (SSSR count). The summed E-state index contributed by atoms with van der Waals surface area (Å²) in [5, 5.41) is 0. The minimum absolute atomic E-state index is 0.0764. The Bertz CT molecular complexity index is 767. The summed E-state index contributed by atoms with van der Waals surface area (Å²) < 4.78 is 27.2. The quantitative estimate of drug-likeness (QED) is 0.787. The molecule has 1 heterocycles. The van der Waals surface area contributed by atoms with E-state index in [2.05, 4.69) is 24.0 Å². The van der Waals surface area contributed by atoms with Crippen LogP contribution >= 0.6 is 0 Å². The molecule has 0 aromatic heterocycles. The van der Waals surface area contributed by atoms with Gasteiger partial charge in [0.1, 0.15) is 0 Å². The van der Waals surface area contributed by atoms with E-state index >= 15 is 0 Å². The molecule has 0 fully saturated rings. The second kappa shape index (κ2) is 6.82. The zero-order valence-electron chi connectivity index (χ0n) is 14.6. The second-order valence-corrected chi connectivity index (χ2v) is 8.89. The number of sulfonamides is 1. The van der Waals surface area contributed by atoms with Crippen molar-refractivity contribution in [2.45, 2.75) is 43.7 Å². The predicted molar refractivity (Wildman–Crippen MR) is 97.4 cm³/mol. The van der Waals surface area contributed by atoms with Crippen molar-refractivity contribution in [1.29, 1.82) is 0 Å². The average molecular weight is 346 g/mol. The lowest BCUT2D eigenvalue weighted by molar-refractivity contribution is 0.228. The van der Waals surface area contributed by atoms with E-state index in [0.29, 0.717) is 10.9 Å². The van der Waals surface area contributed by atoms with E-state index in [1.807, 2.05) is 19.1 Å². The van der Waals surface area contributed by atoms with Crippen LogP contribution in [0.2, 0.25) is 0 Å². The smallest absolute Gasteiger partial charge is 0.243 e. The first-order valence-corrected chi connectivity index (χ1v) is 9.94. The number of benzene rings is 1. The number of rotatable bonds is 4. The first kappa shape index (κ1) is 17.4. The van der Waals surface area contributed by atoms with Crippen LogP contribution in [0, 0.1) is 6.92 Å². The van der Waals surface area contributed by atoms with E-state index < -0.39 is 10.0 Å². The standard InChI is InChI=1S/C19H26N2O2S/c1-15-9-11-21(12-10-15)18-8-7-17(14-18)20(3)24(22,23)19-6-4-5-16(2)13-19/h4-9,13,17-18H,10-12,14H2,1-3H3/t17-,18?/m0/s1. The van der Waals surface area contributed by atoms with E-state index in [9.17, 15) is 8.42 Å². The summed E-state index contributed by atoms with van der Waals surface area (Å²) >= 11 is 0.